The predicted octanol–water partition coefficient (Wildman–Crippen LogP) is 2.72. The van der Waals surface area contributed by atoms with Crippen molar-refractivity contribution in [3.05, 3.63) is 35.5 Å². The van der Waals surface area contributed by atoms with E-state index in [0.717, 1.165) is 35.1 Å². The zero-order valence-electron chi connectivity index (χ0n) is 12.4. The molecule has 1 aliphatic heterocycles. The number of hydrogen-bond donors (Lipinski definition) is 1. The Hall–Kier alpha value is -2.61. The van der Waals surface area contributed by atoms with E-state index in [1.54, 1.807) is 6.20 Å². The highest BCUT2D eigenvalue weighted by Gasteiger charge is 2.27. The third-order valence-electron chi connectivity index (χ3n) is 4.20. The summed E-state index contributed by atoms with van der Waals surface area (Å²) in [5.41, 5.74) is 3.25. The standard InChI is InChI=1S/C17H17N3O2/c1-11-4-5-15-14(7-11)16(13(8-18)9-19-15)20-6-2-3-12(10-20)17(21)22/h4-5,7,9,12H,2-3,6,10H2,1H3,(H,21,22). The van der Waals surface area contributed by atoms with Gasteiger partial charge in [-0.1, -0.05) is 11.6 Å². The number of carboxylic acids is 1. The highest BCUT2D eigenvalue weighted by Crippen LogP contribution is 2.33. The maximum absolute atomic E-state index is 11.3. The average molecular weight is 295 g/mol. The van der Waals surface area contributed by atoms with Gasteiger partial charge in [-0.05, 0) is 31.9 Å². The molecule has 5 nitrogen and oxygen atoms in total. The number of rotatable bonds is 2. The molecular weight excluding hydrogens is 278 g/mol. The molecule has 1 atom stereocenters. The number of nitrogens with zero attached hydrogens (tertiary/aromatic N) is 3. The van der Waals surface area contributed by atoms with Gasteiger partial charge in [0.2, 0.25) is 0 Å². The second-order valence-electron chi connectivity index (χ2n) is 5.78. The highest BCUT2D eigenvalue weighted by atomic mass is 16.4. The topological polar surface area (TPSA) is 77.2 Å². The van der Waals surface area contributed by atoms with Crippen molar-refractivity contribution in [2.75, 3.05) is 18.0 Å². The number of aromatic nitrogens is 1. The van der Waals surface area contributed by atoms with Crippen LogP contribution in [0.2, 0.25) is 0 Å². The Labute approximate surface area is 128 Å². The van der Waals surface area contributed by atoms with Crippen LogP contribution in [0.3, 0.4) is 0 Å². The number of fused-ring (bicyclic) bond motifs is 1. The lowest BCUT2D eigenvalue weighted by atomic mass is 9.96. The van der Waals surface area contributed by atoms with Gasteiger partial charge in [-0.25, -0.2) is 0 Å². The number of carbonyl (C=O) groups is 1. The molecule has 0 bridgehead atoms. The normalized spacial score (nSPS) is 18.2. The SMILES string of the molecule is Cc1ccc2ncc(C#N)c(N3CCCC(C(=O)O)C3)c2c1. The zero-order valence-corrected chi connectivity index (χ0v) is 12.4. The number of hydrogen-bond acceptors (Lipinski definition) is 4. The van der Waals surface area contributed by atoms with Gasteiger partial charge in [0.25, 0.3) is 0 Å². The van der Waals surface area contributed by atoms with Crippen LogP contribution in [0.15, 0.2) is 24.4 Å². The summed E-state index contributed by atoms with van der Waals surface area (Å²) in [6, 6.07) is 8.14. The van der Waals surface area contributed by atoms with Gasteiger partial charge in [-0.15, -0.1) is 0 Å². The summed E-state index contributed by atoms with van der Waals surface area (Å²) < 4.78 is 0. The largest absolute Gasteiger partial charge is 0.481 e. The van der Waals surface area contributed by atoms with Gasteiger partial charge >= 0.3 is 5.97 Å². The summed E-state index contributed by atoms with van der Waals surface area (Å²) in [4.78, 5) is 17.7. The van der Waals surface area contributed by atoms with Crippen LogP contribution in [0.25, 0.3) is 10.9 Å². The number of carboxylic acid groups (broad SMARTS) is 1. The Balaban J connectivity index is 2.14. The summed E-state index contributed by atoms with van der Waals surface area (Å²) in [7, 11) is 0. The maximum Gasteiger partial charge on any atom is 0.308 e. The van der Waals surface area contributed by atoms with Gasteiger partial charge in [-0.3, -0.25) is 9.78 Å². The van der Waals surface area contributed by atoms with Crippen molar-refractivity contribution >= 4 is 22.6 Å². The van der Waals surface area contributed by atoms with Crippen molar-refractivity contribution < 1.29 is 9.90 Å². The second-order valence-corrected chi connectivity index (χ2v) is 5.78. The van der Waals surface area contributed by atoms with Gasteiger partial charge in [0.05, 0.1) is 22.7 Å². The molecular formula is C17H17N3O2. The van der Waals surface area contributed by atoms with E-state index in [9.17, 15) is 15.2 Å². The maximum atomic E-state index is 11.3. The van der Waals surface area contributed by atoms with Crippen molar-refractivity contribution in [3.8, 4) is 6.07 Å². The monoisotopic (exact) mass is 295 g/mol. The second kappa shape index (κ2) is 5.64. The van der Waals surface area contributed by atoms with E-state index < -0.39 is 5.97 Å². The van der Waals surface area contributed by atoms with Crippen molar-refractivity contribution in [3.63, 3.8) is 0 Å². The molecule has 0 radical (unpaired) electrons. The van der Waals surface area contributed by atoms with Crippen molar-refractivity contribution in [2.45, 2.75) is 19.8 Å². The molecule has 0 aliphatic carbocycles. The molecule has 1 aromatic carbocycles. The Kier molecular flexibility index (Phi) is 3.68. The molecule has 5 heteroatoms. The summed E-state index contributed by atoms with van der Waals surface area (Å²) in [5.74, 6) is -1.15. The van der Waals surface area contributed by atoms with Gasteiger partial charge in [0.1, 0.15) is 6.07 Å². The number of benzene rings is 1. The third-order valence-corrected chi connectivity index (χ3v) is 4.20. The molecule has 1 N–H and O–H groups in total. The molecule has 0 saturated carbocycles. The number of pyridine rings is 1. The van der Waals surface area contributed by atoms with E-state index in [4.69, 9.17) is 0 Å². The lowest BCUT2D eigenvalue weighted by Gasteiger charge is -2.33. The van der Waals surface area contributed by atoms with Crippen LogP contribution >= 0.6 is 0 Å². The fraction of sp³-hybridized carbons (Fsp3) is 0.353. The van der Waals surface area contributed by atoms with E-state index in [1.807, 2.05) is 30.0 Å². The quantitative estimate of drug-likeness (QED) is 0.921. The van der Waals surface area contributed by atoms with Crippen LogP contribution in [-0.4, -0.2) is 29.1 Å². The molecule has 3 rings (SSSR count). The van der Waals surface area contributed by atoms with Crippen LogP contribution in [0.5, 0.6) is 0 Å². The Morgan fingerprint density at radius 1 is 1.50 bits per heavy atom. The van der Waals surface area contributed by atoms with E-state index in [2.05, 4.69) is 11.1 Å². The lowest BCUT2D eigenvalue weighted by Crippen LogP contribution is -2.39. The molecule has 1 aliphatic rings. The molecule has 0 amide bonds. The molecule has 2 heterocycles. The number of aliphatic carboxylic acids is 1. The summed E-state index contributed by atoms with van der Waals surface area (Å²) in [6.45, 7) is 3.21. The van der Waals surface area contributed by atoms with Crippen LogP contribution in [0.4, 0.5) is 5.69 Å². The average Bonchev–Trinajstić information content (AvgIpc) is 2.53. The molecule has 1 fully saturated rings. The van der Waals surface area contributed by atoms with Gasteiger partial charge < -0.3 is 10.0 Å². The molecule has 0 spiro atoms. The number of nitriles is 1. The zero-order chi connectivity index (χ0) is 15.7. The molecule has 112 valence electrons. The van der Waals surface area contributed by atoms with Crippen molar-refractivity contribution in [1.29, 1.82) is 5.26 Å². The number of piperidine rings is 1. The molecule has 1 saturated heterocycles. The Bertz CT molecular complexity index is 779. The first-order valence-electron chi connectivity index (χ1n) is 7.37. The summed E-state index contributed by atoms with van der Waals surface area (Å²) in [6.07, 6.45) is 3.09. The minimum atomic E-state index is -0.766. The fourth-order valence-corrected chi connectivity index (χ4v) is 3.10. The summed E-state index contributed by atoms with van der Waals surface area (Å²) in [5, 5.41) is 19.6. The first-order valence-corrected chi connectivity index (χ1v) is 7.37. The first kappa shape index (κ1) is 14.3. The number of aryl methyl sites for hydroxylation is 1. The van der Waals surface area contributed by atoms with Crippen molar-refractivity contribution in [1.82, 2.24) is 4.98 Å². The lowest BCUT2D eigenvalue weighted by molar-refractivity contribution is -0.141. The molecule has 22 heavy (non-hydrogen) atoms. The fourth-order valence-electron chi connectivity index (χ4n) is 3.10. The minimum absolute atomic E-state index is 0.381. The number of anilines is 1. The third kappa shape index (κ3) is 2.48. The van der Waals surface area contributed by atoms with Gasteiger partial charge in [0.15, 0.2) is 0 Å². The van der Waals surface area contributed by atoms with E-state index in [0.29, 0.717) is 18.5 Å². The van der Waals surface area contributed by atoms with Gasteiger partial charge in [-0.2, -0.15) is 5.26 Å². The smallest absolute Gasteiger partial charge is 0.308 e. The van der Waals surface area contributed by atoms with E-state index >= 15 is 0 Å². The van der Waals surface area contributed by atoms with E-state index in [1.165, 1.54) is 0 Å². The predicted molar refractivity (Wildman–Crippen MR) is 83.8 cm³/mol. The van der Waals surface area contributed by atoms with Crippen molar-refractivity contribution in [2.24, 2.45) is 5.92 Å². The Morgan fingerprint density at radius 3 is 3.05 bits per heavy atom. The van der Waals surface area contributed by atoms with Crippen LogP contribution in [0, 0.1) is 24.2 Å². The highest BCUT2D eigenvalue weighted by molar-refractivity contribution is 5.95. The summed E-state index contributed by atoms with van der Waals surface area (Å²) >= 11 is 0. The molecule has 1 aromatic heterocycles. The van der Waals surface area contributed by atoms with E-state index in [-0.39, 0.29) is 5.92 Å². The minimum Gasteiger partial charge on any atom is -0.481 e. The molecule has 2 aromatic rings. The van der Waals surface area contributed by atoms with Crippen LogP contribution < -0.4 is 4.90 Å². The van der Waals surface area contributed by atoms with Crippen LogP contribution in [0.1, 0.15) is 24.0 Å². The molecule has 1 unspecified atom stereocenters. The Morgan fingerprint density at radius 2 is 2.32 bits per heavy atom. The first-order chi connectivity index (χ1) is 10.6. The van der Waals surface area contributed by atoms with Gasteiger partial charge in [0, 0.05) is 24.7 Å². The van der Waals surface area contributed by atoms with Crippen LogP contribution in [-0.2, 0) is 4.79 Å².